The van der Waals surface area contributed by atoms with Crippen molar-refractivity contribution in [2.45, 2.75) is 26.8 Å². The maximum absolute atomic E-state index is 13.3. The van der Waals surface area contributed by atoms with E-state index >= 15 is 0 Å². The number of hydrogen-bond acceptors (Lipinski definition) is 5. The lowest BCUT2D eigenvalue weighted by atomic mass is 10.2. The van der Waals surface area contributed by atoms with Crippen molar-refractivity contribution in [1.29, 1.82) is 0 Å². The van der Waals surface area contributed by atoms with Crippen LogP contribution in [0.15, 0.2) is 57.9 Å². The summed E-state index contributed by atoms with van der Waals surface area (Å²) in [5.41, 5.74) is 2.45. The molecule has 0 aliphatic heterocycles. The highest BCUT2D eigenvalue weighted by molar-refractivity contribution is 7.07. The maximum Gasteiger partial charge on any atom is 0.206 e. The predicted octanol–water partition coefficient (Wildman–Crippen LogP) is 4.65. The fourth-order valence-electron chi connectivity index (χ4n) is 2.55. The summed E-state index contributed by atoms with van der Waals surface area (Å²) < 4.78 is 20.5. The number of phenolic OH excluding ortho intramolecular Hbond substituents is 1. The van der Waals surface area contributed by atoms with Gasteiger partial charge < -0.3 is 9.84 Å². The Morgan fingerprint density at radius 2 is 1.96 bits per heavy atom. The van der Waals surface area contributed by atoms with Gasteiger partial charge in [0.1, 0.15) is 5.82 Å². The molecule has 0 saturated carbocycles. The molecule has 0 unspecified atom stereocenters. The summed E-state index contributed by atoms with van der Waals surface area (Å²) in [6, 6.07) is 11.5. The highest BCUT2D eigenvalue weighted by Crippen LogP contribution is 2.26. The number of benzene rings is 2. The van der Waals surface area contributed by atoms with Gasteiger partial charge in [0.05, 0.1) is 18.5 Å². The number of aromatic nitrogens is 1. The van der Waals surface area contributed by atoms with Crippen molar-refractivity contribution in [2.75, 3.05) is 6.61 Å². The first-order chi connectivity index (χ1) is 13.5. The minimum atomic E-state index is -0.284. The van der Waals surface area contributed by atoms with Crippen LogP contribution in [0.3, 0.4) is 0 Å². The molecule has 146 valence electrons. The van der Waals surface area contributed by atoms with Gasteiger partial charge in [-0.15, -0.1) is 11.3 Å². The van der Waals surface area contributed by atoms with E-state index in [-0.39, 0.29) is 17.6 Å². The van der Waals surface area contributed by atoms with Crippen LogP contribution >= 0.6 is 11.3 Å². The van der Waals surface area contributed by atoms with Gasteiger partial charge in [-0.3, -0.25) is 4.99 Å². The number of hydrogen-bond donors (Lipinski definition) is 1. The monoisotopic (exact) mass is 399 g/mol. The van der Waals surface area contributed by atoms with E-state index in [0.717, 1.165) is 21.6 Å². The Bertz CT molecular complexity index is 1040. The van der Waals surface area contributed by atoms with Crippen LogP contribution in [0.4, 0.5) is 4.39 Å². The second kappa shape index (κ2) is 8.84. The Morgan fingerprint density at radius 1 is 1.21 bits per heavy atom. The Balaban J connectivity index is 2.04. The van der Waals surface area contributed by atoms with Crippen LogP contribution in [0, 0.1) is 5.82 Å². The van der Waals surface area contributed by atoms with E-state index in [2.05, 4.69) is 10.1 Å². The summed E-state index contributed by atoms with van der Waals surface area (Å²) in [5, 5.41) is 16.4. The summed E-state index contributed by atoms with van der Waals surface area (Å²) in [6.07, 6.45) is 1.68. The number of thiazole rings is 1. The van der Waals surface area contributed by atoms with Crippen LogP contribution in [-0.4, -0.2) is 28.6 Å². The van der Waals surface area contributed by atoms with Gasteiger partial charge in [-0.1, -0.05) is 0 Å². The molecule has 0 atom stereocenters. The van der Waals surface area contributed by atoms with Crippen molar-refractivity contribution in [1.82, 2.24) is 4.68 Å². The standard InChI is InChI=1S/C21H22FN3O2S/c1-4-27-20-11-15(5-10-19(20)26)12-23-25-18(13-28-21(25)24-14(2)3)16-6-8-17(22)9-7-16/h5-14,26H,4H2,1-3H3. The average Bonchev–Trinajstić information content (AvgIpc) is 3.05. The first-order valence-electron chi connectivity index (χ1n) is 8.98. The molecule has 5 nitrogen and oxygen atoms in total. The fourth-order valence-corrected chi connectivity index (χ4v) is 3.52. The van der Waals surface area contributed by atoms with E-state index in [1.54, 1.807) is 41.2 Å². The van der Waals surface area contributed by atoms with E-state index in [1.165, 1.54) is 23.5 Å². The first-order valence-corrected chi connectivity index (χ1v) is 9.86. The smallest absolute Gasteiger partial charge is 0.206 e. The van der Waals surface area contributed by atoms with Crippen LogP contribution in [0.25, 0.3) is 11.3 Å². The van der Waals surface area contributed by atoms with Gasteiger partial charge in [-0.25, -0.2) is 9.07 Å². The molecule has 0 aliphatic rings. The van der Waals surface area contributed by atoms with Gasteiger partial charge in [0.25, 0.3) is 0 Å². The van der Waals surface area contributed by atoms with E-state index < -0.39 is 0 Å². The zero-order valence-electron chi connectivity index (χ0n) is 16.0. The molecule has 0 radical (unpaired) electrons. The zero-order chi connectivity index (χ0) is 20.1. The second-order valence-corrected chi connectivity index (χ2v) is 7.19. The number of ether oxygens (including phenoxy) is 1. The molecule has 1 heterocycles. The SMILES string of the molecule is CCOc1cc(C=Nn2c(-c3ccc(F)cc3)csc2=NC(C)C)ccc1O. The lowest BCUT2D eigenvalue weighted by Gasteiger charge is -2.07. The van der Waals surface area contributed by atoms with Crippen molar-refractivity contribution >= 4 is 17.6 Å². The molecule has 7 heteroatoms. The summed E-state index contributed by atoms with van der Waals surface area (Å²) in [4.78, 5) is 5.37. The summed E-state index contributed by atoms with van der Waals surface area (Å²) in [7, 11) is 0. The molecule has 1 N–H and O–H groups in total. The Kier molecular flexibility index (Phi) is 6.26. The largest absolute Gasteiger partial charge is 0.504 e. The molecule has 0 aliphatic carbocycles. The van der Waals surface area contributed by atoms with Crippen molar-refractivity contribution in [3.8, 4) is 22.8 Å². The van der Waals surface area contributed by atoms with Gasteiger partial charge in [0.2, 0.25) is 4.80 Å². The van der Waals surface area contributed by atoms with Crippen molar-refractivity contribution in [3.63, 3.8) is 0 Å². The van der Waals surface area contributed by atoms with Crippen LogP contribution in [0.1, 0.15) is 26.3 Å². The molecule has 0 fully saturated rings. The zero-order valence-corrected chi connectivity index (χ0v) is 16.8. The van der Waals surface area contributed by atoms with Gasteiger partial charge in [0, 0.05) is 17.0 Å². The topological polar surface area (TPSA) is 59.1 Å². The average molecular weight is 399 g/mol. The third-order valence-electron chi connectivity index (χ3n) is 3.80. The summed E-state index contributed by atoms with van der Waals surface area (Å²) >= 11 is 1.48. The van der Waals surface area contributed by atoms with E-state index in [0.29, 0.717) is 12.4 Å². The maximum atomic E-state index is 13.3. The molecule has 28 heavy (non-hydrogen) atoms. The second-order valence-electron chi connectivity index (χ2n) is 6.35. The number of nitrogens with zero attached hydrogens (tertiary/aromatic N) is 3. The number of phenols is 1. The number of aromatic hydroxyl groups is 1. The minimum Gasteiger partial charge on any atom is -0.504 e. The van der Waals surface area contributed by atoms with E-state index in [1.807, 2.05) is 26.2 Å². The van der Waals surface area contributed by atoms with Crippen molar-refractivity contribution < 1.29 is 14.2 Å². The molecule has 2 aromatic carbocycles. The number of rotatable bonds is 6. The van der Waals surface area contributed by atoms with E-state index in [9.17, 15) is 9.50 Å². The van der Waals surface area contributed by atoms with Crippen LogP contribution in [0.5, 0.6) is 11.5 Å². The van der Waals surface area contributed by atoms with Crippen molar-refractivity contribution in [3.05, 3.63) is 64.0 Å². The molecule has 3 rings (SSSR count). The van der Waals surface area contributed by atoms with Crippen LogP contribution < -0.4 is 9.54 Å². The third kappa shape index (κ3) is 4.67. The fraction of sp³-hybridized carbons (Fsp3) is 0.238. The van der Waals surface area contributed by atoms with Crippen molar-refractivity contribution in [2.24, 2.45) is 10.1 Å². The Hall–Kier alpha value is -2.93. The molecular formula is C21H22FN3O2S. The Morgan fingerprint density at radius 3 is 2.64 bits per heavy atom. The molecule has 0 bridgehead atoms. The molecule has 0 spiro atoms. The quantitative estimate of drug-likeness (QED) is 0.613. The van der Waals surface area contributed by atoms with Crippen LogP contribution in [0.2, 0.25) is 0 Å². The number of halogens is 1. The van der Waals surface area contributed by atoms with Gasteiger partial charge in [-0.05, 0) is 68.8 Å². The van der Waals surface area contributed by atoms with E-state index in [4.69, 9.17) is 4.74 Å². The van der Waals surface area contributed by atoms with Gasteiger partial charge in [0.15, 0.2) is 11.5 Å². The lowest BCUT2D eigenvalue weighted by molar-refractivity contribution is 0.318. The highest BCUT2D eigenvalue weighted by Gasteiger charge is 2.09. The third-order valence-corrected chi connectivity index (χ3v) is 4.63. The minimum absolute atomic E-state index is 0.0877. The molecule has 0 saturated heterocycles. The van der Waals surface area contributed by atoms with Gasteiger partial charge in [-0.2, -0.15) is 5.10 Å². The van der Waals surface area contributed by atoms with Crippen LogP contribution in [-0.2, 0) is 0 Å². The molecular weight excluding hydrogens is 377 g/mol. The summed E-state index contributed by atoms with van der Waals surface area (Å²) in [5.74, 6) is 0.214. The van der Waals surface area contributed by atoms with Gasteiger partial charge >= 0.3 is 0 Å². The highest BCUT2D eigenvalue weighted by atomic mass is 32.1. The predicted molar refractivity (Wildman–Crippen MR) is 111 cm³/mol. The normalized spacial score (nSPS) is 12.2. The molecule has 0 amide bonds. The first kappa shape index (κ1) is 19.8. The lowest BCUT2D eigenvalue weighted by Crippen LogP contribution is -2.14. The summed E-state index contributed by atoms with van der Waals surface area (Å²) in [6.45, 7) is 6.31. The molecule has 1 aromatic heterocycles. The Labute approximate surface area is 167 Å². The molecule has 3 aromatic rings.